The zero-order valence-electron chi connectivity index (χ0n) is 9.52. The SMILES string of the molecule is Cc1nnc(NS(=O)(=O)c2cc(N)cc(F)c2F)s1. The van der Waals surface area contributed by atoms with Gasteiger partial charge in [0.25, 0.3) is 10.0 Å². The highest BCUT2D eigenvalue weighted by atomic mass is 32.2. The van der Waals surface area contributed by atoms with E-state index in [1.165, 1.54) is 0 Å². The van der Waals surface area contributed by atoms with Crippen molar-refractivity contribution in [3.8, 4) is 0 Å². The molecule has 3 N–H and O–H groups in total. The molecule has 0 aliphatic rings. The van der Waals surface area contributed by atoms with Crippen LogP contribution in [0.2, 0.25) is 0 Å². The number of halogens is 2. The normalized spacial score (nSPS) is 11.5. The summed E-state index contributed by atoms with van der Waals surface area (Å²) in [6.45, 7) is 1.62. The zero-order chi connectivity index (χ0) is 14.2. The van der Waals surface area contributed by atoms with Crippen LogP contribution in [-0.2, 0) is 10.0 Å². The van der Waals surface area contributed by atoms with Crippen LogP contribution in [0, 0.1) is 18.6 Å². The molecule has 0 saturated heterocycles. The smallest absolute Gasteiger partial charge is 0.266 e. The summed E-state index contributed by atoms with van der Waals surface area (Å²) in [5.74, 6) is -2.84. The summed E-state index contributed by atoms with van der Waals surface area (Å²) < 4.78 is 52.5. The fraction of sp³-hybridized carbons (Fsp3) is 0.111. The van der Waals surface area contributed by atoms with Gasteiger partial charge < -0.3 is 5.73 Å². The quantitative estimate of drug-likeness (QED) is 0.838. The van der Waals surface area contributed by atoms with E-state index in [0.717, 1.165) is 17.4 Å². The number of sulfonamides is 1. The number of nitrogen functional groups attached to an aromatic ring is 1. The van der Waals surface area contributed by atoms with E-state index in [9.17, 15) is 17.2 Å². The van der Waals surface area contributed by atoms with Crippen molar-refractivity contribution in [1.82, 2.24) is 10.2 Å². The molecule has 0 fully saturated rings. The first-order chi connectivity index (χ1) is 8.79. The van der Waals surface area contributed by atoms with Crippen LogP contribution in [0.1, 0.15) is 5.01 Å². The van der Waals surface area contributed by atoms with Crippen LogP contribution < -0.4 is 10.5 Å². The van der Waals surface area contributed by atoms with Crippen LogP contribution in [-0.4, -0.2) is 18.6 Å². The van der Waals surface area contributed by atoms with Crippen LogP contribution >= 0.6 is 11.3 Å². The number of anilines is 2. The first-order valence-electron chi connectivity index (χ1n) is 4.87. The molecule has 0 radical (unpaired) electrons. The van der Waals surface area contributed by atoms with Gasteiger partial charge in [0.2, 0.25) is 5.13 Å². The second-order valence-electron chi connectivity index (χ2n) is 3.55. The zero-order valence-corrected chi connectivity index (χ0v) is 11.1. The van der Waals surface area contributed by atoms with Crippen LogP contribution in [0.25, 0.3) is 0 Å². The van der Waals surface area contributed by atoms with Crippen LogP contribution in [0.3, 0.4) is 0 Å². The molecular weight excluding hydrogens is 298 g/mol. The number of aromatic nitrogens is 2. The lowest BCUT2D eigenvalue weighted by atomic mass is 10.3. The lowest BCUT2D eigenvalue weighted by Gasteiger charge is -2.07. The Hall–Kier alpha value is -1.81. The fourth-order valence-electron chi connectivity index (χ4n) is 1.29. The Bertz CT molecular complexity index is 730. The van der Waals surface area contributed by atoms with E-state index in [1.54, 1.807) is 6.92 Å². The predicted octanol–water partition coefficient (Wildman–Crippen LogP) is 1.51. The first-order valence-corrected chi connectivity index (χ1v) is 7.17. The van der Waals surface area contributed by atoms with E-state index < -0.39 is 26.6 Å². The number of nitrogens with two attached hydrogens (primary N) is 1. The van der Waals surface area contributed by atoms with Crippen molar-refractivity contribution in [1.29, 1.82) is 0 Å². The molecule has 19 heavy (non-hydrogen) atoms. The van der Waals surface area contributed by atoms with Gasteiger partial charge in [-0.15, -0.1) is 10.2 Å². The molecule has 2 aromatic rings. The van der Waals surface area contributed by atoms with Crippen molar-refractivity contribution in [3.63, 3.8) is 0 Å². The van der Waals surface area contributed by atoms with E-state index in [-0.39, 0.29) is 10.8 Å². The van der Waals surface area contributed by atoms with Crippen molar-refractivity contribution < 1.29 is 17.2 Å². The van der Waals surface area contributed by atoms with E-state index in [4.69, 9.17) is 5.73 Å². The molecule has 0 spiro atoms. The topological polar surface area (TPSA) is 98.0 Å². The fourth-order valence-corrected chi connectivity index (χ4v) is 3.23. The van der Waals surface area contributed by atoms with Gasteiger partial charge in [-0.2, -0.15) is 0 Å². The Labute approximate surface area is 111 Å². The molecule has 2 rings (SSSR count). The summed E-state index contributed by atoms with van der Waals surface area (Å²) >= 11 is 0.964. The standard InChI is InChI=1S/C9H8F2N4O2S2/c1-4-13-14-9(18-4)15-19(16,17)7-3-5(12)2-6(10)8(7)11/h2-3H,12H2,1H3,(H,14,15). The Balaban J connectivity index is 2.45. The molecule has 0 saturated carbocycles. The molecule has 102 valence electrons. The van der Waals surface area contributed by atoms with Gasteiger partial charge in [0, 0.05) is 5.69 Å². The van der Waals surface area contributed by atoms with E-state index in [1.807, 2.05) is 4.72 Å². The predicted molar refractivity (Wildman–Crippen MR) is 66.2 cm³/mol. The lowest BCUT2D eigenvalue weighted by Crippen LogP contribution is -2.15. The summed E-state index contributed by atoms with van der Waals surface area (Å²) in [6.07, 6.45) is 0. The molecular formula is C9H8F2N4O2S2. The first kappa shape index (κ1) is 13.6. The minimum atomic E-state index is -4.31. The molecule has 0 bridgehead atoms. The minimum absolute atomic E-state index is 0.0419. The van der Waals surface area contributed by atoms with E-state index in [0.29, 0.717) is 11.1 Å². The molecule has 0 atom stereocenters. The molecule has 0 amide bonds. The van der Waals surface area contributed by atoms with Gasteiger partial charge in [0.1, 0.15) is 9.90 Å². The second kappa shape index (κ2) is 4.70. The Kier molecular flexibility index (Phi) is 3.37. The monoisotopic (exact) mass is 306 g/mol. The summed E-state index contributed by atoms with van der Waals surface area (Å²) in [4.78, 5) is -0.877. The van der Waals surface area contributed by atoms with Crippen LogP contribution in [0.5, 0.6) is 0 Å². The third-order valence-electron chi connectivity index (χ3n) is 2.05. The highest BCUT2D eigenvalue weighted by Crippen LogP contribution is 2.24. The highest BCUT2D eigenvalue weighted by molar-refractivity contribution is 7.93. The van der Waals surface area contributed by atoms with Gasteiger partial charge in [0.05, 0.1) is 0 Å². The third kappa shape index (κ3) is 2.79. The van der Waals surface area contributed by atoms with E-state index in [2.05, 4.69) is 10.2 Å². The minimum Gasteiger partial charge on any atom is -0.399 e. The molecule has 0 unspecified atom stereocenters. The number of aryl methyl sites for hydroxylation is 1. The molecule has 10 heteroatoms. The average molecular weight is 306 g/mol. The van der Waals surface area contributed by atoms with Crippen molar-refractivity contribution in [3.05, 3.63) is 28.8 Å². The van der Waals surface area contributed by atoms with Gasteiger partial charge in [0.15, 0.2) is 11.6 Å². The third-order valence-corrected chi connectivity index (χ3v) is 4.28. The lowest BCUT2D eigenvalue weighted by molar-refractivity contribution is 0.486. The number of hydrogen-bond donors (Lipinski definition) is 2. The summed E-state index contributed by atoms with van der Waals surface area (Å²) in [6, 6.07) is 1.53. The molecule has 1 aromatic heterocycles. The van der Waals surface area contributed by atoms with Crippen LogP contribution in [0.4, 0.5) is 19.6 Å². The largest absolute Gasteiger partial charge is 0.399 e. The second-order valence-corrected chi connectivity index (χ2v) is 6.38. The van der Waals surface area contributed by atoms with Crippen molar-refractivity contribution >= 4 is 32.2 Å². The highest BCUT2D eigenvalue weighted by Gasteiger charge is 2.24. The molecule has 0 aliphatic heterocycles. The maximum Gasteiger partial charge on any atom is 0.266 e. The number of hydrogen-bond acceptors (Lipinski definition) is 6. The van der Waals surface area contributed by atoms with Crippen molar-refractivity contribution in [2.75, 3.05) is 10.5 Å². The Morgan fingerprint density at radius 2 is 2.00 bits per heavy atom. The summed E-state index contributed by atoms with van der Waals surface area (Å²) in [5, 5.41) is 7.62. The molecule has 1 heterocycles. The number of benzene rings is 1. The molecule has 1 aromatic carbocycles. The average Bonchev–Trinajstić information content (AvgIpc) is 2.68. The van der Waals surface area contributed by atoms with Gasteiger partial charge in [-0.25, -0.2) is 17.2 Å². The summed E-state index contributed by atoms with van der Waals surface area (Å²) in [5.41, 5.74) is 5.10. The van der Waals surface area contributed by atoms with Gasteiger partial charge in [-0.05, 0) is 19.1 Å². The van der Waals surface area contributed by atoms with Gasteiger partial charge in [-0.1, -0.05) is 11.3 Å². The van der Waals surface area contributed by atoms with Crippen molar-refractivity contribution in [2.24, 2.45) is 0 Å². The summed E-state index contributed by atoms with van der Waals surface area (Å²) in [7, 11) is -4.31. The van der Waals surface area contributed by atoms with Gasteiger partial charge >= 0.3 is 0 Å². The Morgan fingerprint density at radius 3 is 2.58 bits per heavy atom. The molecule has 0 aliphatic carbocycles. The van der Waals surface area contributed by atoms with Gasteiger partial charge in [-0.3, -0.25) is 4.72 Å². The molecule has 6 nitrogen and oxygen atoms in total. The number of nitrogens with one attached hydrogen (secondary N) is 1. The van der Waals surface area contributed by atoms with Crippen molar-refractivity contribution in [2.45, 2.75) is 11.8 Å². The Morgan fingerprint density at radius 1 is 1.32 bits per heavy atom. The number of nitrogens with zero attached hydrogens (tertiary/aromatic N) is 2. The van der Waals surface area contributed by atoms with E-state index >= 15 is 0 Å². The maximum absolute atomic E-state index is 13.5. The number of rotatable bonds is 3. The maximum atomic E-state index is 13.5. The van der Waals surface area contributed by atoms with Crippen LogP contribution in [0.15, 0.2) is 17.0 Å².